The number of anilines is 1. The molecule has 0 radical (unpaired) electrons. The number of hydrogen-bond acceptors (Lipinski definition) is 5. The first-order valence-electron chi connectivity index (χ1n) is 8.39. The first-order valence-corrected chi connectivity index (χ1v) is 9.93. The lowest BCUT2D eigenvalue weighted by atomic mass is 10.1. The second-order valence-electron chi connectivity index (χ2n) is 6.28. The molecule has 1 heterocycles. The molecular weight excluding hydrogens is 382 g/mol. The smallest absolute Gasteiger partial charge is 0.341 e. The molecule has 146 valence electrons. The summed E-state index contributed by atoms with van der Waals surface area (Å²) in [5.74, 6) is -1.16. The van der Waals surface area contributed by atoms with E-state index in [4.69, 9.17) is 9.88 Å². The first-order chi connectivity index (χ1) is 13.2. The van der Waals surface area contributed by atoms with Crippen LogP contribution in [0.3, 0.4) is 0 Å². The number of benzene rings is 2. The summed E-state index contributed by atoms with van der Waals surface area (Å²) in [5.41, 5.74) is 2.19. The number of carbonyl (C=O) groups excluding carboxylic acids is 2. The normalized spacial score (nSPS) is 12.5. The van der Waals surface area contributed by atoms with E-state index in [-0.39, 0.29) is 4.90 Å². The van der Waals surface area contributed by atoms with Crippen LogP contribution >= 0.6 is 0 Å². The molecule has 3 rings (SSSR count). The third-order valence-corrected chi connectivity index (χ3v) is 5.13. The first kappa shape index (κ1) is 19.6. The van der Waals surface area contributed by atoms with Gasteiger partial charge in [-0.2, -0.15) is 0 Å². The Bertz CT molecular complexity index is 1150. The topological polar surface area (TPSA) is 131 Å². The van der Waals surface area contributed by atoms with Crippen LogP contribution in [0.15, 0.2) is 53.4 Å². The van der Waals surface area contributed by atoms with Gasteiger partial charge in [0.1, 0.15) is 0 Å². The number of para-hydroxylation sites is 1. The molecule has 1 atom stereocenters. The zero-order valence-corrected chi connectivity index (χ0v) is 16.0. The van der Waals surface area contributed by atoms with Crippen molar-refractivity contribution in [2.24, 2.45) is 5.14 Å². The third kappa shape index (κ3) is 4.05. The van der Waals surface area contributed by atoms with E-state index >= 15 is 0 Å². The standard InChI is InChI=1S/C19H19N3O5S/c1-11-17(15-5-3-4-6-16(15)21-11)19(24)27-12(2)18(23)22-13-7-9-14(10-8-13)28(20,25)26/h3-10,12,21H,1-2H3,(H,22,23)(H2,20,25,26). The maximum Gasteiger partial charge on any atom is 0.341 e. The fourth-order valence-corrected chi connectivity index (χ4v) is 3.30. The summed E-state index contributed by atoms with van der Waals surface area (Å²) >= 11 is 0. The van der Waals surface area contributed by atoms with E-state index < -0.39 is 28.0 Å². The number of carbonyl (C=O) groups is 2. The van der Waals surface area contributed by atoms with Crippen LogP contribution in [0.2, 0.25) is 0 Å². The van der Waals surface area contributed by atoms with Gasteiger partial charge in [0.25, 0.3) is 5.91 Å². The largest absolute Gasteiger partial charge is 0.449 e. The summed E-state index contributed by atoms with van der Waals surface area (Å²) in [5, 5.41) is 8.32. The van der Waals surface area contributed by atoms with Gasteiger partial charge in [0.15, 0.2) is 6.10 Å². The summed E-state index contributed by atoms with van der Waals surface area (Å²) in [6.45, 7) is 3.21. The molecule has 4 N–H and O–H groups in total. The van der Waals surface area contributed by atoms with Crippen molar-refractivity contribution in [1.29, 1.82) is 0 Å². The molecule has 0 spiro atoms. The second kappa shape index (κ2) is 7.45. The van der Waals surface area contributed by atoms with Crippen LogP contribution in [0.1, 0.15) is 23.0 Å². The van der Waals surface area contributed by atoms with E-state index in [1.165, 1.54) is 31.2 Å². The fraction of sp³-hybridized carbons (Fsp3) is 0.158. The van der Waals surface area contributed by atoms with Crippen molar-refractivity contribution in [3.63, 3.8) is 0 Å². The molecule has 2 aromatic carbocycles. The number of esters is 1. The van der Waals surface area contributed by atoms with Crippen LogP contribution in [-0.4, -0.2) is 31.4 Å². The predicted molar refractivity (Wildman–Crippen MR) is 104 cm³/mol. The molecule has 8 nitrogen and oxygen atoms in total. The highest BCUT2D eigenvalue weighted by atomic mass is 32.2. The highest BCUT2D eigenvalue weighted by Gasteiger charge is 2.23. The quantitative estimate of drug-likeness (QED) is 0.565. The lowest BCUT2D eigenvalue weighted by Gasteiger charge is -2.14. The number of aromatic amines is 1. The van der Waals surface area contributed by atoms with Gasteiger partial charge in [-0.05, 0) is 44.2 Å². The van der Waals surface area contributed by atoms with Crippen molar-refractivity contribution < 1.29 is 22.7 Å². The zero-order valence-electron chi connectivity index (χ0n) is 15.2. The average molecular weight is 401 g/mol. The molecule has 28 heavy (non-hydrogen) atoms. The lowest BCUT2D eigenvalue weighted by Crippen LogP contribution is -2.30. The predicted octanol–water partition coefficient (Wildman–Crippen LogP) is 2.31. The van der Waals surface area contributed by atoms with Gasteiger partial charge in [-0.25, -0.2) is 18.4 Å². The van der Waals surface area contributed by atoms with Gasteiger partial charge in [-0.1, -0.05) is 18.2 Å². The molecule has 9 heteroatoms. The number of fused-ring (bicyclic) bond motifs is 1. The van der Waals surface area contributed by atoms with E-state index in [1.54, 1.807) is 13.0 Å². The number of sulfonamides is 1. The van der Waals surface area contributed by atoms with Crippen molar-refractivity contribution >= 4 is 38.5 Å². The molecule has 0 aliphatic carbocycles. The molecule has 0 saturated heterocycles. The molecule has 0 aliphatic heterocycles. The molecule has 0 saturated carbocycles. The van der Waals surface area contributed by atoms with Gasteiger partial charge < -0.3 is 15.0 Å². The van der Waals surface area contributed by atoms with Gasteiger partial charge >= 0.3 is 5.97 Å². The Kier molecular flexibility index (Phi) is 5.21. The van der Waals surface area contributed by atoms with Crippen LogP contribution in [0.25, 0.3) is 10.9 Å². The van der Waals surface area contributed by atoms with E-state index in [9.17, 15) is 18.0 Å². The van der Waals surface area contributed by atoms with Crippen molar-refractivity contribution in [3.05, 3.63) is 59.8 Å². The Morgan fingerprint density at radius 1 is 1.11 bits per heavy atom. The van der Waals surface area contributed by atoms with Crippen LogP contribution in [0, 0.1) is 6.92 Å². The number of hydrogen-bond donors (Lipinski definition) is 3. The number of aromatic nitrogens is 1. The number of H-pyrrole nitrogens is 1. The lowest BCUT2D eigenvalue weighted by molar-refractivity contribution is -0.123. The van der Waals surface area contributed by atoms with Crippen molar-refractivity contribution in [3.8, 4) is 0 Å². The Balaban J connectivity index is 1.70. The summed E-state index contributed by atoms with van der Waals surface area (Å²) in [7, 11) is -3.81. The maximum atomic E-state index is 12.6. The van der Waals surface area contributed by atoms with Crippen LogP contribution in [0.5, 0.6) is 0 Å². The van der Waals surface area contributed by atoms with E-state index in [2.05, 4.69) is 10.3 Å². The van der Waals surface area contributed by atoms with Gasteiger partial charge in [-0.15, -0.1) is 0 Å². The highest BCUT2D eigenvalue weighted by molar-refractivity contribution is 7.89. The van der Waals surface area contributed by atoms with E-state index in [0.717, 1.165) is 10.9 Å². The van der Waals surface area contributed by atoms with Crippen molar-refractivity contribution in [1.82, 2.24) is 4.98 Å². The number of aryl methyl sites for hydroxylation is 1. The molecule has 0 aliphatic rings. The molecule has 1 unspecified atom stereocenters. The summed E-state index contributed by atoms with van der Waals surface area (Å²) in [6, 6.07) is 12.7. The third-order valence-electron chi connectivity index (χ3n) is 4.20. The number of nitrogens with one attached hydrogen (secondary N) is 2. The van der Waals surface area contributed by atoms with E-state index in [1.807, 2.05) is 18.2 Å². The molecule has 0 bridgehead atoms. The van der Waals surface area contributed by atoms with E-state index in [0.29, 0.717) is 16.9 Å². The van der Waals surface area contributed by atoms with Gasteiger partial charge in [-0.3, -0.25) is 4.79 Å². The molecular formula is C19H19N3O5S. The minimum atomic E-state index is -3.81. The van der Waals surface area contributed by atoms with Gasteiger partial charge in [0.05, 0.1) is 10.5 Å². The van der Waals surface area contributed by atoms with Crippen molar-refractivity contribution in [2.75, 3.05) is 5.32 Å². The second-order valence-corrected chi connectivity index (χ2v) is 7.84. The van der Waals surface area contributed by atoms with Gasteiger partial charge in [0, 0.05) is 22.3 Å². The van der Waals surface area contributed by atoms with Crippen LogP contribution in [0.4, 0.5) is 5.69 Å². The zero-order chi connectivity index (χ0) is 20.5. The minimum Gasteiger partial charge on any atom is -0.449 e. The van der Waals surface area contributed by atoms with Crippen LogP contribution in [-0.2, 0) is 19.6 Å². The summed E-state index contributed by atoms with van der Waals surface area (Å²) < 4.78 is 27.8. The highest BCUT2D eigenvalue weighted by Crippen LogP contribution is 2.23. The SMILES string of the molecule is Cc1[nH]c2ccccc2c1C(=O)OC(C)C(=O)Nc1ccc(S(N)(=O)=O)cc1. The Morgan fingerprint density at radius 2 is 1.75 bits per heavy atom. The monoisotopic (exact) mass is 401 g/mol. The number of amides is 1. The van der Waals surface area contributed by atoms with Crippen molar-refractivity contribution in [2.45, 2.75) is 24.8 Å². The maximum absolute atomic E-state index is 12.6. The average Bonchev–Trinajstić information content (AvgIpc) is 2.97. The number of rotatable bonds is 5. The Morgan fingerprint density at radius 3 is 2.39 bits per heavy atom. The molecule has 1 amide bonds. The molecule has 0 fully saturated rings. The number of primary sulfonamides is 1. The number of nitrogens with two attached hydrogens (primary N) is 1. The minimum absolute atomic E-state index is 0.0696. The summed E-state index contributed by atoms with van der Waals surface area (Å²) in [6.07, 6.45) is -1.06. The number of ether oxygens (including phenoxy) is 1. The molecule has 1 aromatic heterocycles. The fourth-order valence-electron chi connectivity index (χ4n) is 2.78. The van der Waals surface area contributed by atoms with Gasteiger partial charge in [0.2, 0.25) is 10.0 Å². The summed E-state index contributed by atoms with van der Waals surface area (Å²) in [4.78, 5) is 27.9. The molecule has 3 aromatic rings. The van der Waals surface area contributed by atoms with Crippen LogP contribution < -0.4 is 10.5 Å². The Hall–Kier alpha value is -3.17. The Labute approximate surface area is 161 Å².